The number of hydrogen-bond donors (Lipinski definition) is 0. The van der Waals surface area contributed by atoms with Gasteiger partial charge in [0.2, 0.25) is 0 Å². The van der Waals surface area contributed by atoms with E-state index < -0.39 is 0 Å². The maximum absolute atomic E-state index is 6.36. The van der Waals surface area contributed by atoms with Gasteiger partial charge in [-0.15, -0.1) is 11.6 Å². The zero-order chi connectivity index (χ0) is 13.3. The molecule has 0 amide bonds. The van der Waals surface area contributed by atoms with Crippen LogP contribution in [0.5, 0.6) is 0 Å². The molecule has 0 bridgehead atoms. The number of benzene rings is 1. The highest BCUT2D eigenvalue weighted by Gasteiger charge is 2.24. The molecule has 2 atom stereocenters. The van der Waals surface area contributed by atoms with Crippen LogP contribution in [0, 0.1) is 12.8 Å². The normalized spacial score (nSPS) is 15.0. The summed E-state index contributed by atoms with van der Waals surface area (Å²) < 4.78 is 0. The molecule has 0 spiro atoms. The molecular formula is C16H20ClN. The van der Waals surface area contributed by atoms with E-state index in [1.165, 1.54) is 10.9 Å². The Labute approximate surface area is 114 Å². The van der Waals surface area contributed by atoms with Gasteiger partial charge in [0.25, 0.3) is 0 Å². The summed E-state index contributed by atoms with van der Waals surface area (Å²) in [6, 6.07) is 10.5. The first-order valence-electron chi connectivity index (χ1n) is 6.51. The average Bonchev–Trinajstić information content (AvgIpc) is 2.29. The topological polar surface area (TPSA) is 12.9 Å². The highest BCUT2D eigenvalue weighted by molar-refractivity contribution is 6.20. The predicted molar refractivity (Wildman–Crippen MR) is 79.4 cm³/mol. The van der Waals surface area contributed by atoms with E-state index in [4.69, 9.17) is 16.6 Å². The lowest BCUT2D eigenvalue weighted by Crippen LogP contribution is -2.18. The van der Waals surface area contributed by atoms with Crippen molar-refractivity contribution in [2.45, 2.75) is 39.0 Å². The van der Waals surface area contributed by atoms with Crippen molar-refractivity contribution in [1.29, 1.82) is 0 Å². The average molecular weight is 262 g/mol. The van der Waals surface area contributed by atoms with E-state index in [9.17, 15) is 0 Å². The molecule has 0 saturated carbocycles. The second-order valence-electron chi connectivity index (χ2n) is 5.33. The number of pyridine rings is 1. The molecule has 0 aliphatic rings. The van der Waals surface area contributed by atoms with Crippen molar-refractivity contribution in [3.8, 4) is 0 Å². The van der Waals surface area contributed by atoms with Gasteiger partial charge in [-0.05, 0) is 37.5 Å². The van der Waals surface area contributed by atoms with Crippen molar-refractivity contribution < 1.29 is 0 Å². The molecule has 2 heteroatoms. The van der Waals surface area contributed by atoms with E-state index in [1.807, 2.05) is 12.1 Å². The molecule has 2 aromatic rings. The molecule has 18 heavy (non-hydrogen) atoms. The summed E-state index contributed by atoms with van der Waals surface area (Å²) in [6.45, 7) is 8.60. The fourth-order valence-electron chi connectivity index (χ4n) is 2.64. The van der Waals surface area contributed by atoms with Crippen LogP contribution in [-0.2, 0) is 0 Å². The van der Waals surface area contributed by atoms with Crippen LogP contribution in [0.4, 0.5) is 0 Å². The number of nitrogens with zero attached hydrogens (tertiary/aromatic N) is 1. The van der Waals surface area contributed by atoms with Gasteiger partial charge in [-0.2, -0.15) is 0 Å². The number of hydrogen-bond acceptors (Lipinski definition) is 1. The van der Waals surface area contributed by atoms with Gasteiger partial charge in [0.1, 0.15) is 0 Å². The smallest absolute Gasteiger partial charge is 0.0705 e. The number of rotatable bonds is 3. The zero-order valence-corrected chi connectivity index (χ0v) is 12.2. The second kappa shape index (κ2) is 5.27. The molecule has 1 heterocycles. The molecule has 0 aliphatic heterocycles. The van der Waals surface area contributed by atoms with Crippen molar-refractivity contribution in [3.63, 3.8) is 0 Å². The molecule has 2 rings (SSSR count). The minimum atomic E-state index is 0.0948. The molecule has 0 fully saturated rings. The molecular weight excluding hydrogens is 242 g/mol. The maximum atomic E-state index is 6.36. The van der Waals surface area contributed by atoms with E-state index >= 15 is 0 Å². The van der Waals surface area contributed by atoms with Crippen LogP contribution in [0.3, 0.4) is 0 Å². The monoisotopic (exact) mass is 261 g/mol. The Morgan fingerprint density at radius 2 is 1.78 bits per heavy atom. The summed E-state index contributed by atoms with van der Waals surface area (Å²) in [7, 11) is 0. The fourth-order valence-corrected chi connectivity index (χ4v) is 3.05. The third-order valence-electron chi connectivity index (χ3n) is 3.48. The van der Waals surface area contributed by atoms with E-state index in [0.29, 0.717) is 11.8 Å². The van der Waals surface area contributed by atoms with Gasteiger partial charge >= 0.3 is 0 Å². The van der Waals surface area contributed by atoms with Crippen LogP contribution in [-0.4, -0.2) is 10.4 Å². The van der Waals surface area contributed by atoms with Crippen LogP contribution >= 0.6 is 11.6 Å². The minimum absolute atomic E-state index is 0.0948. The Balaban J connectivity index is 2.59. The number of para-hydroxylation sites is 1. The molecule has 0 N–H and O–H groups in total. The Kier molecular flexibility index (Phi) is 3.91. The van der Waals surface area contributed by atoms with Gasteiger partial charge in [0.15, 0.2) is 0 Å². The van der Waals surface area contributed by atoms with Gasteiger partial charge in [0.05, 0.1) is 5.52 Å². The van der Waals surface area contributed by atoms with Gasteiger partial charge in [-0.3, -0.25) is 4.98 Å². The maximum Gasteiger partial charge on any atom is 0.0705 e. The minimum Gasteiger partial charge on any atom is -0.252 e. The predicted octanol–water partition coefficient (Wildman–Crippen LogP) is 4.91. The summed E-state index contributed by atoms with van der Waals surface area (Å²) in [5.41, 5.74) is 3.44. The van der Waals surface area contributed by atoms with Crippen LogP contribution in [0.15, 0.2) is 30.3 Å². The van der Waals surface area contributed by atoms with Crippen molar-refractivity contribution in [1.82, 2.24) is 4.98 Å². The van der Waals surface area contributed by atoms with E-state index in [1.54, 1.807) is 0 Å². The highest BCUT2D eigenvalue weighted by Crippen LogP contribution is 2.33. The molecule has 1 aromatic heterocycles. The van der Waals surface area contributed by atoms with E-state index in [0.717, 1.165) is 11.2 Å². The summed E-state index contributed by atoms with van der Waals surface area (Å²) in [6.07, 6.45) is 0. The fraction of sp³-hybridized carbons (Fsp3) is 0.438. The third-order valence-corrected chi connectivity index (χ3v) is 3.75. The summed E-state index contributed by atoms with van der Waals surface area (Å²) in [5.74, 6) is 0.793. The van der Waals surface area contributed by atoms with Crippen LogP contribution in [0.1, 0.15) is 37.9 Å². The van der Waals surface area contributed by atoms with E-state index in [2.05, 4.69) is 45.9 Å². The third kappa shape index (κ3) is 2.51. The molecule has 96 valence electrons. The number of halogens is 1. The molecule has 0 aliphatic carbocycles. The molecule has 1 aromatic carbocycles. The second-order valence-corrected chi connectivity index (χ2v) is 6.02. The Morgan fingerprint density at radius 3 is 2.39 bits per heavy atom. The van der Waals surface area contributed by atoms with E-state index in [-0.39, 0.29) is 5.38 Å². The largest absolute Gasteiger partial charge is 0.252 e. The van der Waals surface area contributed by atoms with Crippen molar-refractivity contribution in [3.05, 3.63) is 41.6 Å². The van der Waals surface area contributed by atoms with Gasteiger partial charge in [-0.25, -0.2) is 0 Å². The van der Waals surface area contributed by atoms with Gasteiger partial charge < -0.3 is 0 Å². The Bertz CT molecular complexity index is 538. The van der Waals surface area contributed by atoms with Crippen LogP contribution in [0.25, 0.3) is 10.9 Å². The number of aromatic nitrogens is 1. The standard InChI is InChI=1S/C16H20ClN/c1-10(2)15(12(4)17)16-11(3)9-13-7-5-6-8-14(13)18-16/h5-10,12,15H,1-4H3. The SMILES string of the molecule is Cc1cc2ccccc2nc1C(C(C)C)C(C)Cl. The van der Waals surface area contributed by atoms with Crippen molar-refractivity contribution in [2.24, 2.45) is 5.92 Å². The van der Waals surface area contributed by atoms with Crippen molar-refractivity contribution >= 4 is 22.5 Å². The Morgan fingerprint density at radius 1 is 1.11 bits per heavy atom. The number of fused-ring (bicyclic) bond motifs is 1. The van der Waals surface area contributed by atoms with Crippen molar-refractivity contribution in [2.75, 3.05) is 0 Å². The highest BCUT2D eigenvalue weighted by atomic mass is 35.5. The Hall–Kier alpha value is -1.08. The lowest BCUT2D eigenvalue weighted by Gasteiger charge is -2.24. The van der Waals surface area contributed by atoms with Gasteiger partial charge in [-0.1, -0.05) is 32.0 Å². The quantitative estimate of drug-likeness (QED) is 0.716. The summed E-state index contributed by atoms with van der Waals surface area (Å²) in [4.78, 5) is 4.83. The first kappa shape index (κ1) is 13.4. The number of alkyl halides is 1. The summed E-state index contributed by atoms with van der Waals surface area (Å²) >= 11 is 6.36. The number of aryl methyl sites for hydroxylation is 1. The molecule has 2 unspecified atom stereocenters. The first-order valence-corrected chi connectivity index (χ1v) is 6.94. The summed E-state index contributed by atoms with van der Waals surface area (Å²) in [5, 5.41) is 1.29. The zero-order valence-electron chi connectivity index (χ0n) is 11.4. The lowest BCUT2D eigenvalue weighted by molar-refractivity contribution is 0.479. The first-order chi connectivity index (χ1) is 8.50. The van der Waals surface area contributed by atoms with Crippen LogP contribution in [0.2, 0.25) is 0 Å². The molecule has 1 nitrogen and oxygen atoms in total. The lowest BCUT2D eigenvalue weighted by atomic mass is 9.87. The van der Waals surface area contributed by atoms with Gasteiger partial charge in [0, 0.05) is 22.4 Å². The molecule has 0 radical (unpaired) electrons. The van der Waals surface area contributed by atoms with Crippen LogP contribution < -0.4 is 0 Å². The molecule has 0 saturated heterocycles.